The van der Waals surface area contributed by atoms with Crippen molar-refractivity contribution in [3.05, 3.63) is 114 Å². The Kier molecular flexibility index (Phi) is 9.69. The lowest BCUT2D eigenvalue weighted by atomic mass is 10.1. The molecule has 1 unspecified atom stereocenters. The number of nitrogens with zero attached hydrogens (tertiary/aromatic N) is 1. The van der Waals surface area contributed by atoms with Gasteiger partial charge in [0.25, 0.3) is 0 Å². The van der Waals surface area contributed by atoms with Crippen LogP contribution in [-0.2, 0) is 27.8 Å². The molecular weight excluding hydrogens is 524 g/mol. The quantitative estimate of drug-likeness (QED) is 0.194. The topological polar surface area (TPSA) is 77.1 Å². The summed E-state index contributed by atoms with van der Waals surface area (Å²) in [6, 6.07) is 31.4. The lowest BCUT2D eigenvalue weighted by Crippen LogP contribution is -2.23. The molecule has 0 bridgehead atoms. The van der Waals surface area contributed by atoms with Crippen LogP contribution in [0.3, 0.4) is 0 Å². The van der Waals surface area contributed by atoms with Gasteiger partial charge in [-0.15, -0.1) is 0 Å². The van der Waals surface area contributed by atoms with Crippen LogP contribution in [0.25, 0.3) is 0 Å². The highest BCUT2D eigenvalue weighted by molar-refractivity contribution is 7.92. The number of sulfonamides is 1. The van der Waals surface area contributed by atoms with Crippen molar-refractivity contribution in [3.63, 3.8) is 0 Å². The molecule has 1 atom stereocenters. The zero-order valence-electron chi connectivity index (χ0n) is 23.3. The molecule has 40 heavy (non-hydrogen) atoms. The number of benzene rings is 4. The third-order valence-electron chi connectivity index (χ3n) is 6.23. The maximum atomic E-state index is 11.9. The number of nitrogens with one attached hydrogen (secondary N) is 1. The van der Waals surface area contributed by atoms with E-state index in [0.29, 0.717) is 31.1 Å². The van der Waals surface area contributed by atoms with Gasteiger partial charge < -0.3 is 19.1 Å². The fraction of sp³-hybridized carbons (Fsp3) is 0.250. The zero-order chi connectivity index (χ0) is 28.5. The van der Waals surface area contributed by atoms with E-state index in [2.05, 4.69) is 21.8 Å². The maximum Gasteiger partial charge on any atom is 0.229 e. The van der Waals surface area contributed by atoms with Crippen LogP contribution in [-0.4, -0.2) is 34.5 Å². The summed E-state index contributed by atoms with van der Waals surface area (Å²) in [5.74, 6) is 2.13. The normalized spacial score (nSPS) is 12.0. The van der Waals surface area contributed by atoms with Crippen molar-refractivity contribution in [3.8, 4) is 17.2 Å². The minimum absolute atomic E-state index is 0.0650. The Balaban J connectivity index is 1.53. The van der Waals surface area contributed by atoms with E-state index in [0.717, 1.165) is 40.1 Å². The number of hydrogen-bond donors (Lipinski definition) is 1. The van der Waals surface area contributed by atoms with Crippen molar-refractivity contribution in [2.75, 3.05) is 29.6 Å². The molecule has 210 valence electrons. The van der Waals surface area contributed by atoms with E-state index in [1.807, 2.05) is 92.7 Å². The molecule has 0 heterocycles. The van der Waals surface area contributed by atoms with Gasteiger partial charge in [0.05, 0.1) is 18.6 Å². The molecular formula is C32H36N2O5S. The highest BCUT2D eigenvalue weighted by Crippen LogP contribution is 2.31. The van der Waals surface area contributed by atoms with Gasteiger partial charge in [0, 0.05) is 32.0 Å². The Hall–Kier alpha value is -4.01. The van der Waals surface area contributed by atoms with Crippen LogP contribution in [0.5, 0.6) is 17.2 Å². The molecule has 7 nitrogen and oxygen atoms in total. The summed E-state index contributed by atoms with van der Waals surface area (Å²) in [6.45, 7) is 5.68. The highest BCUT2D eigenvalue weighted by atomic mass is 32.2. The molecule has 0 amide bonds. The molecule has 4 aromatic rings. The first-order valence-corrected chi connectivity index (χ1v) is 15.0. The van der Waals surface area contributed by atoms with Crippen LogP contribution in [0.1, 0.15) is 23.6 Å². The monoisotopic (exact) mass is 560 g/mol. The molecule has 0 saturated heterocycles. The summed E-state index contributed by atoms with van der Waals surface area (Å²) in [4.78, 5) is 2.25. The second kappa shape index (κ2) is 13.4. The van der Waals surface area contributed by atoms with Gasteiger partial charge in [-0.1, -0.05) is 54.6 Å². The van der Waals surface area contributed by atoms with Gasteiger partial charge in [0.15, 0.2) is 0 Å². The molecule has 4 rings (SSSR count). The molecule has 0 radical (unpaired) electrons. The highest BCUT2D eigenvalue weighted by Gasteiger charge is 2.15. The fourth-order valence-electron chi connectivity index (χ4n) is 4.44. The molecule has 0 saturated carbocycles. The summed E-state index contributed by atoms with van der Waals surface area (Å²) in [5, 5.41) is 0. The molecule has 0 aliphatic carbocycles. The number of rotatable bonds is 13. The molecule has 0 aliphatic rings. The molecule has 0 fully saturated rings. The minimum atomic E-state index is -3.40. The van der Waals surface area contributed by atoms with Crippen LogP contribution in [0.4, 0.5) is 11.4 Å². The van der Waals surface area contributed by atoms with Crippen molar-refractivity contribution < 1.29 is 22.6 Å². The van der Waals surface area contributed by atoms with Gasteiger partial charge >= 0.3 is 0 Å². The van der Waals surface area contributed by atoms with Crippen LogP contribution in [0.2, 0.25) is 0 Å². The standard InChI is InChI=1S/C32H36N2O5S/c1-24(23-37-3)38-29-12-8-13-30(20-29)39-28-18-16-27(17-19-28)22-34(21-26-10-6-5-7-11-26)32-15-9-14-31(25(32)2)33-40(4,35)36/h5-20,24,33H,21-23H2,1-4H3. The molecule has 8 heteroatoms. The van der Waals surface area contributed by atoms with Crippen LogP contribution in [0, 0.1) is 6.92 Å². The zero-order valence-corrected chi connectivity index (χ0v) is 24.1. The average Bonchev–Trinajstić information content (AvgIpc) is 2.91. The van der Waals surface area contributed by atoms with Crippen LogP contribution >= 0.6 is 0 Å². The first-order valence-electron chi connectivity index (χ1n) is 13.1. The number of anilines is 2. The summed E-state index contributed by atoms with van der Waals surface area (Å²) in [5.41, 5.74) is 4.65. The summed E-state index contributed by atoms with van der Waals surface area (Å²) in [6.07, 6.45) is 1.10. The smallest absolute Gasteiger partial charge is 0.229 e. The van der Waals surface area contributed by atoms with Gasteiger partial charge in [-0.25, -0.2) is 8.42 Å². The number of ether oxygens (including phenoxy) is 3. The predicted octanol–water partition coefficient (Wildman–Crippen LogP) is 6.78. The van der Waals surface area contributed by atoms with Gasteiger partial charge in [-0.2, -0.15) is 0 Å². The first-order chi connectivity index (χ1) is 19.2. The van der Waals surface area contributed by atoms with E-state index < -0.39 is 10.0 Å². The van der Waals surface area contributed by atoms with Crippen molar-refractivity contribution in [1.82, 2.24) is 0 Å². The molecule has 0 spiro atoms. The minimum Gasteiger partial charge on any atom is -0.488 e. The second-order valence-electron chi connectivity index (χ2n) is 9.77. The number of hydrogen-bond acceptors (Lipinski definition) is 6. The van der Waals surface area contributed by atoms with E-state index >= 15 is 0 Å². The van der Waals surface area contributed by atoms with E-state index in [-0.39, 0.29) is 6.10 Å². The van der Waals surface area contributed by atoms with Crippen LogP contribution in [0.15, 0.2) is 97.1 Å². The average molecular weight is 561 g/mol. The van der Waals surface area contributed by atoms with Gasteiger partial charge in [-0.3, -0.25) is 4.72 Å². The van der Waals surface area contributed by atoms with Crippen molar-refractivity contribution >= 4 is 21.4 Å². The van der Waals surface area contributed by atoms with Gasteiger partial charge in [0.1, 0.15) is 23.4 Å². The Morgan fingerprint density at radius 1 is 0.800 bits per heavy atom. The largest absolute Gasteiger partial charge is 0.488 e. The van der Waals surface area contributed by atoms with Crippen molar-refractivity contribution in [2.45, 2.75) is 33.0 Å². The third-order valence-corrected chi connectivity index (χ3v) is 6.82. The Bertz CT molecular complexity index is 1490. The summed E-state index contributed by atoms with van der Waals surface area (Å²) < 4.78 is 43.6. The van der Waals surface area contributed by atoms with Crippen molar-refractivity contribution in [1.29, 1.82) is 0 Å². The Morgan fingerprint density at radius 2 is 1.45 bits per heavy atom. The Labute approximate surface area is 237 Å². The Morgan fingerprint density at radius 3 is 2.12 bits per heavy atom. The summed E-state index contributed by atoms with van der Waals surface area (Å²) in [7, 11) is -1.75. The molecule has 0 aliphatic heterocycles. The van der Waals surface area contributed by atoms with Crippen molar-refractivity contribution in [2.24, 2.45) is 0 Å². The molecule has 1 N–H and O–H groups in total. The lowest BCUT2D eigenvalue weighted by Gasteiger charge is -2.28. The number of methoxy groups -OCH3 is 1. The predicted molar refractivity (Wildman–Crippen MR) is 161 cm³/mol. The summed E-state index contributed by atoms with van der Waals surface area (Å²) >= 11 is 0. The first kappa shape index (κ1) is 29.0. The van der Waals surface area contributed by atoms with Gasteiger partial charge in [-0.05, 0) is 66.9 Å². The van der Waals surface area contributed by atoms with E-state index in [4.69, 9.17) is 14.2 Å². The maximum absolute atomic E-state index is 11.9. The van der Waals surface area contributed by atoms with E-state index in [1.54, 1.807) is 13.2 Å². The lowest BCUT2D eigenvalue weighted by molar-refractivity contribution is 0.0919. The van der Waals surface area contributed by atoms with Crippen LogP contribution < -0.4 is 19.1 Å². The third kappa shape index (κ3) is 8.49. The molecule has 4 aromatic carbocycles. The SMILES string of the molecule is COCC(C)Oc1cccc(Oc2ccc(CN(Cc3ccccc3)c3cccc(NS(C)(=O)=O)c3C)cc2)c1. The molecule has 0 aromatic heterocycles. The fourth-order valence-corrected chi connectivity index (χ4v) is 5.06. The van der Waals surface area contributed by atoms with E-state index in [1.165, 1.54) is 0 Å². The van der Waals surface area contributed by atoms with Gasteiger partial charge in [0.2, 0.25) is 10.0 Å². The van der Waals surface area contributed by atoms with E-state index in [9.17, 15) is 8.42 Å². The second-order valence-corrected chi connectivity index (χ2v) is 11.5.